The Morgan fingerprint density at radius 1 is 1.31 bits per heavy atom. The average Bonchev–Trinajstić information content (AvgIpc) is 3.51. The molecule has 10 heteroatoms. The Hall–Kier alpha value is -3.43. The zero-order valence-electron chi connectivity index (χ0n) is 19.9. The van der Waals surface area contributed by atoms with Crippen LogP contribution in [0.25, 0.3) is 5.69 Å². The Morgan fingerprint density at radius 2 is 2.14 bits per heavy atom. The van der Waals surface area contributed by atoms with Gasteiger partial charge >= 0.3 is 0 Å². The smallest absolute Gasteiger partial charge is 0.270 e. The van der Waals surface area contributed by atoms with Gasteiger partial charge in [0.1, 0.15) is 11.6 Å². The Labute approximate surface area is 212 Å². The number of aliphatic hydroxyl groups is 1. The van der Waals surface area contributed by atoms with Gasteiger partial charge in [-0.25, -0.2) is 9.37 Å². The number of ether oxygens (including phenoxy) is 1. The van der Waals surface area contributed by atoms with Crippen LogP contribution in [0.3, 0.4) is 0 Å². The molecule has 1 saturated heterocycles. The molecule has 3 aromatic rings. The minimum absolute atomic E-state index is 0.0151. The van der Waals surface area contributed by atoms with Crippen molar-refractivity contribution in [2.24, 2.45) is 5.16 Å². The van der Waals surface area contributed by atoms with Crippen LogP contribution in [0.15, 0.2) is 54.1 Å². The van der Waals surface area contributed by atoms with Crippen molar-refractivity contribution in [3.63, 3.8) is 0 Å². The number of likely N-dealkylation sites (tertiary alicyclic amines) is 1. The van der Waals surface area contributed by atoms with E-state index >= 15 is 0 Å². The van der Waals surface area contributed by atoms with Gasteiger partial charge in [0.25, 0.3) is 5.91 Å². The van der Waals surface area contributed by atoms with Gasteiger partial charge in [-0.1, -0.05) is 28.9 Å². The Balaban J connectivity index is 1.38. The number of rotatable bonds is 6. The van der Waals surface area contributed by atoms with E-state index in [2.05, 4.69) is 10.1 Å². The fraction of sp³-hybridized carbons (Fsp3) is 0.346. The lowest BCUT2D eigenvalue weighted by Crippen LogP contribution is -2.55. The number of piperidine rings is 1. The number of nitrogens with zero attached hydrogens (tertiary/aromatic N) is 4. The summed E-state index contributed by atoms with van der Waals surface area (Å²) in [6.07, 6.45) is 5.05. The number of aryl methyl sites for hydroxylation is 1. The van der Waals surface area contributed by atoms with Gasteiger partial charge in [0.05, 0.1) is 48.2 Å². The maximum atomic E-state index is 14.1. The maximum Gasteiger partial charge on any atom is 0.270 e. The molecule has 1 fully saturated rings. The number of hydrogen-bond acceptors (Lipinski definition) is 6. The second-order valence-corrected chi connectivity index (χ2v) is 9.49. The fourth-order valence-corrected chi connectivity index (χ4v) is 5.03. The summed E-state index contributed by atoms with van der Waals surface area (Å²) < 4.78 is 21.6. The molecule has 2 unspecified atom stereocenters. The molecule has 2 aliphatic heterocycles. The highest BCUT2D eigenvalue weighted by molar-refractivity contribution is 6.30. The number of amides is 1. The third-order valence-corrected chi connectivity index (χ3v) is 7.10. The van der Waals surface area contributed by atoms with E-state index < -0.39 is 17.5 Å². The van der Waals surface area contributed by atoms with Gasteiger partial charge in [0.2, 0.25) is 5.60 Å². The lowest BCUT2D eigenvalue weighted by atomic mass is 9.84. The number of methoxy groups -OCH3 is 1. The van der Waals surface area contributed by atoms with Crippen LogP contribution in [-0.2, 0) is 9.63 Å². The van der Waals surface area contributed by atoms with Crippen LogP contribution in [0, 0.1) is 12.7 Å². The molecule has 3 heterocycles. The van der Waals surface area contributed by atoms with Crippen LogP contribution in [0.1, 0.15) is 42.1 Å². The molecule has 8 nitrogen and oxygen atoms in total. The number of imidazole rings is 1. The summed E-state index contributed by atoms with van der Waals surface area (Å²) in [6, 6.07) is 9.27. The second-order valence-electron chi connectivity index (χ2n) is 9.08. The molecule has 1 amide bonds. The van der Waals surface area contributed by atoms with Gasteiger partial charge in [-0.05, 0) is 43.2 Å². The first-order valence-electron chi connectivity index (χ1n) is 11.7. The third-order valence-electron chi connectivity index (χ3n) is 6.79. The van der Waals surface area contributed by atoms with E-state index in [9.17, 15) is 14.3 Å². The van der Waals surface area contributed by atoms with E-state index in [0.717, 1.165) is 16.9 Å². The first kappa shape index (κ1) is 24.3. The molecule has 0 bridgehead atoms. The molecule has 0 saturated carbocycles. The lowest BCUT2D eigenvalue weighted by Gasteiger charge is -2.41. The van der Waals surface area contributed by atoms with E-state index in [1.165, 1.54) is 12.1 Å². The third kappa shape index (κ3) is 4.22. The van der Waals surface area contributed by atoms with Gasteiger partial charge in [-0.2, -0.15) is 0 Å². The first-order valence-corrected chi connectivity index (χ1v) is 12.0. The lowest BCUT2D eigenvalue weighted by molar-refractivity contribution is -0.165. The van der Waals surface area contributed by atoms with Crippen molar-refractivity contribution in [2.45, 2.75) is 37.8 Å². The largest absolute Gasteiger partial charge is 0.495 e. The van der Waals surface area contributed by atoms with Crippen LogP contribution >= 0.6 is 11.6 Å². The van der Waals surface area contributed by atoms with E-state index in [1.807, 2.05) is 35.9 Å². The highest BCUT2D eigenvalue weighted by atomic mass is 35.5. The van der Waals surface area contributed by atoms with Crippen molar-refractivity contribution in [3.8, 4) is 11.4 Å². The van der Waals surface area contributed by atoms with Crippen LogP contribution in [0.2, 0.25) is 5.02 Å². The Morgan fingerprint density at radius 3 is 2.83 bits per heavy atom. The molecule has 5 rings (SSSR count). The molecule has 2 atom stereocenters. The van der Waals surface area contributed by atoms with Crippen molar-refractivity contribution >= 4 is 23.2 Å². The monoisotopic (exact) mass is 512 g/mol. The quantitative estimate of drug-likeness (QED) is 0.534. The summed E-state index contributed by atoms with van der Waals surface area (Å²) >= 11 is 5.82. The van der Waals surface area contributed by atoms with Crippen LogP contribution in [0.5, 0.6) is 5.75 Å². The summed E-state index contributed by atoms with van der Waals surface area (Å²) in [4.78, 5) is 25.3. The van der Waals surface area contributed by atoms with Crippen molar-refractivity contribution in [3.05, 3.63) is 76.6 Å². The summed E-state index contributed by atoms with van der Waals surface area (Å²) in [5, 5.41) is 14.4. The number of halogens is 2. The molecule has 1 spiro atoms. The van der Waals surface area contributed by atoms with E-state index in [-0.39, 0.29) is 24.0 Å². The summed E-state index contributed by atoms with van der Waals surface area (Å²) in [5.41, 5.74) is 2.44. The number of oxime groups is 1. The van der Waals surface area contributed by atoms with E-state index in [1.54, 1.807) is 24.4 Å². The van der Waals surface area contributed by atoms with E-state index in [0.29, 0.717) is 36.4 Å². The zero-order chi connectivity index (χ0) is 25.4. The van der Waals surface area contributed by atoms with Crippen LogP contribution in [-0.4, -0.2) is 57.0 Å². The fourth-order valence-electron chi connectivity index (χ4n) is 4.91. The minimum Gasteiger partial charge on any atom is -0.495 e. The highest BCUT2D eigenvalue weighted by Gasteiger charge is 2.52. The number of aliphatic hydroxyl groups excluding tert-OH is 1. The number of aromatic nitrogens is 2. The zero-order valence-corrected chi connectivity index (χ0v) is 20.7. The van der Waals surface area contributed by atoms with Gasteiger partial charge in [-0.15, -0.1) is 0 Å². The second kappa shape index (κ2) is 9.55. The van der Waals surface area contributed by atoms with Crippen molar-refractivity contribution in [2.75, 3.05) is 20.3 Å². The molecule has 1 aromatic heterocycles. The summed E-state index contributed by atoms with van der Waals surface area (Å²) in [6.45, 7) is 1.97. The first-order chi connectivity index (χ1) is 17.3. The van der Waals surface area contributed by atoms with Crippen LogP contribution in [0.4, 0.5) is 4.39 Å². The predicted octanol–water partition coefficient (Wildman–Crippen LogP) is 4.20. The minimum atomic E-state index is -1.17. The van der Waals surface area contributed by atoms with Gasteiger partial charge in [-0.3, -0.25) is 4.79 Å². The van der Waals surface area contributed by atoms with E-state index in [4.69, 9.17) is 21.2 Å². The summed E-state index contributed by atoms with van der Waals surface area (Å²) in [7, 11) is 1.60. The number of carbonyl (C=O) groups excluding carboxylic acids is 1. The Kier molecular flexibility index (Phi) is 6.44. The molecule has 2 aliphatic rings. The molecule has 1 N–H and O–H groups in total. The Bertz CT molecular complexity index is 1340. The normalized spacial score (nSPS) is 20.4. The summed E-state index contributed by atoms with van der Waals surface area (Å²) in [5.74, 6) is -0.243. The molecule has 0 radical (unpaired) electrons. The van der Waals surface area contributed by atoms with Crippen molar-refractivity contribution in [1.82, 2.24) is 14.5 Å². The standard InChI is InChI=1S/C26H26ClFN4O4/c1-16-13-31(15-29-16)22-7-5-17(11-24(22)35-2)21-12-26(36-30-21)8-3-9-32(25(26)34)23(14-33)18-4-6-19(27)20(28)10-18/h4-7,10-11,13,15,23,33H,3,8-9,12,14H2,1-2H3. The molecular formula is C26H26ClFN4O4. The van der Waals surface area contributed by atoms with Crippen LogP contribution < -0.4 is 4.74 Å². The van der Waals surface area contributed by atoms with Crippen molar-refractivity contribution < 1.29 is 23.9 Å². The molecule has 36 heavy (non-hydrogen) atoms. The number of carbonyl (C=O) groups is 1. The molecule has 188 valence electrons. The predicted molar refractivity (Wildman–Crippen MR) is 132 cm³/mol. The molecule has 2 aromatic carbocycles. The SMILES string of the molecule is COc1cc(C2=NOC3(CCCN(C(CO)c4ccc(Cl)c(F)c4)C3=O)C2)ccc1-n1cnc(C)c1. The van der Waals surface area contributed by atoms with Gasteiger partial charge < -0.3 is 24.1 Å². The van der Waals surface area contributed by atoms with Gasteiger partial charge in [0.15, 0.2) is 0 Å². The average molecular weight is 513 g/mol. The number of benzene rings is 2. The maximum absolute atomic E-state index is 14.1. The topological polar surface area (TPSA) is 89.2 Å². The van der Waals surface area contributed by atoms with Gasteiger partial charge in [0, 0.05) is 31.1 Å². The van der Waals surface area contributed by atoms with Crippen molar-refractivity contribution in [1.29, 1.82) is 0 Å². The highest BCUT2D eigenvalue weighted by Crippen LogP contribution is 2.40. The molecular weight excluding hydrogens is 487 g/mol. The molecule has 0 aliphatic carbocycles. The number of hydrogen-bond donors (Lipinski definition) is 1.